The first-order chi connectivity index (χ1) is 10.8. The Labute approximate surface area is 144 Å². The number of amides is 1. The lowest BCUT2D eigenvalue weighted by atomic mass is 10.1. The van der Waals surface area contributed by atoms with Gasteiger partial charge in [-0.05, 0) is 43.5 Å². The van der Waals surface area contributed by atoms with Crippen molar-refractivity contribution >= 4 is 33.2 Å². The number of sulfonamides is 1. The van der Waals surface area contributed by atoms with Gasteiger partial charge < -0.3 is 5.32 Å². The van der Waals surface area contributed by atoms with Gasteiger partial charge in [-0.1, -0.05) is 25.4 Å². The van der Waals surface area contributed by atoms with Gasteiger partial charge in [0.1, 0.15) is 0 Å². The summed E-state index contributed by atoms with van der Waals surface area (Å²) in [6.07, 6.45) is 3.70. The third-order valence-corrected chi connectivity index (χ3v) is 5.08. The summed E-state index contributed by atoms with van der Waals surface area (Å²) in [7, 11) is -3.40. The number of benzene rings is 1. The van der Waals surface area contributed by atoms with E-state index < -0.39 is 10.0 Å². The van der Waals surface area contributed by atoms with Gasteiger partial charge in [-0.25, -0.2) is 8.42 Å². The first kappa shape index (κ1) is 19.8. The maximum absolute atomic E-state index is 12.0. The zero-order chi connectivity index (χ0) is 17.5. The molecule has 1 rings (SSSR count). The number of rotatable bonds is 9. The number of anilines is 1. The van der Waals surface area contributed by atoms with Crippen LogP contribution in [-0.2, 0) is 14.8 Å². The number of halogens is 1. The second-order valence-electron chi connectivity index (χ2n) is 5.50. The van der Waals surface area contributed by atoms with Crippen molar-refractivity contribution < 1.29 is 13.2 Å². The molecule has 130 valence electrons. The van der Waals surface area contributed by atoms with Crippen molar-refractivity contribution in [2.45, 2.75) is 45.6 Å². The van der Waals surface area contributed by atoms with Crippen molar-refractivity contribution in [2.75, 3.05) is 17.1 Å². The molecule has 0 aliphatic rings. The number of carbonyl (C=O) groups excluding carboxylic acids is 1. The fourth-order valence-corrected chi connectivity index (χ4v) is 3.36. The van der Waals surface area contributed by atoms with E-state index in [1.54, 1.807) is 24.3 Å². The molecule has 1 amide bonds. The zero-order valence-electron chi connectivity index (χ0n) is 13.9. The van der Waals surface area contributed by atoms with Crippen molar-refractivity contribution in [1.29, 1.82) is 0 Å². The van der Waals surface area contributed by atoms with Gasteiger partial charge in [-0.15, -0.1) is 0 Å². The van der Waals surface area contributed by atoms with E-state index in [2.05, 4.69) is 5.32 Å². The Bertz CT molecular complexity index is 598. The fraction of sp³-hybridized carbons (Fsp3) is 0.562. The van der Waals surface area contributed by atoms with Gasteiger partial charge in [0, 0.05) is 24.0 Å². The number of hydrogen-bond donors (Lipinski definition) is 1. The van der Waals surface area contributed by atoms with Crippen LogP contribution in [0.25, 0.3) is 0 Å². The maximum Gasteiger partial charge on any atom is 0.232 e. The Morgan fingerprint density at radius 2 is 1.78 bits per heavy atom. The Hall–Kier alpha value is -1.27. The van der Waals surface area contributed by atoms with E-state index in [0.29, 0.717) is 23.6 Å². The molecular formula is C16H25ClN2O3S. The van der Waals surface area contributed by atoms with Crippen LogP contribution in [-0.4, -0.2) is 33.2 Å². The molecule has 0 unspecified atom stereocenters. The average Bonchev–Trinajstić information content (AvgIpc) is 2.49. The lowest BCUT2D eigenvalue weighted by Crippen LogP contribution is -2.35. The molecule has 5 nitrogen and oxygen atoms in total. The van der Waals surface area contributed by atoms with E-state index in [9.17, 15) is 13.2 Å². The fourth-order valence-electron chi connectivity index (χ4n) is 2.27. The molecule has 1 N–H and O–H groups in total. The minimum Gasteiger partial charge on any atom is -0.353 e. The van der Waals surface area contributed by atoms with E-state index >= 15 is 0 Å². The second-order valence-corrected chi connectivity index (χ2v) is 7.84. The lowest BCUT2D eigenvalue weighted by Gasteiger charge is -2.22. The molecular weight excluding hydrogens is 336 g/mol. The molecule has 0 radical (unpaired) electrons. The van der Waals surface area contributed by atoms with Crippen molar-refractivity contribution in [3.05, 3.63) is 29.3 Å². The van der Waals surface area contributed by atoms with Crippen LogP contribution in [0.3, 0.4) is 0 Å². The van der Waals surface area contributed by atoms with Crippen LogP contribution >= 0.6 is 11.6 Å². The average molecular weight is 361 g/mol. The van der Waals surface area contributed by atoms with Gasteiger partial charge in [0.15, 0.2) is 0 Å². The molecule has 0 aliphatic carbocycles. The van der Waals surface area contributed by atoms with E-state index in [-0.39, 0.29) is 18.5 Å². The summed E-state index contributed by atoms with van der Waals surface area (Å²) in [6.45, 7) is 4.32. The first-order valence-corrected chi connectivity index (χ1v) is 10.0. The molecule has 0 saturated heterocycles. The number of nitrogens with one attached hydrogen (secondary N) is 1. The topological polar surface area (TPSA) is 66.5 Å². The van der Waals surface area contributed by atoms with Crippen LogP contribution in [0.1, 0.15) is 39.5 Å². The highest BCUT2D eigenvalue weighted by Gasteiger charge is 2.17. The highest BCUT2D eigenvalue weighted by molar-refractivity contribution is 7.92. The van der Waals surface area contributed by atoms with Crippen LogP contribution in [0.2, 0.25) is 5.02 Å². The van der Waals surface area contributed by atoms with Gasteiger partial charge in [-0.3, -0.25) is 9.10 Å². The smallest absolute Gasteiger partial charge is 0.232 e. The number of nitrogens with zero attached hydrogens (tertiary/aromatic N) is 1. The predicted octanol–water partition coefficient (Wildman–Crippen LogP) is 3.19. The zero-order valence-corrected chi connectivity index (χ0v) is 15.5. The Kier molecular flexibility index (Phi) is 7.85. The van der Waals surface area contributed by atoms with Crippen molar-refractivity contribution in [1.82, 2.24) is 5.32 Å². The minimum atomic E-state index is -3.40. The largest absolute Gasteiger partial charge is 0.353 e. The molecule has 0 heterocycles. The SMILES string of the molecule is CCC(CC)NC(=O)CCCN(c1ccc(Cl)cc1)S(C)(=O)=O. The Morgan fingerprint density at radius 3 is 2.26 bits per heavy atom. The van der Waals surface area contributed by atoms with E-state index in [1.165, 1.54) is 4.31 Å². The summed E-state index contributed by atoms with van der Waals surface area (Å²) in [5.41, 5.74) is 0.553. The van der Waals surface area contributed by atoms with Crippen LogP contribution in [0.5, 0.6) is 0 Å². The molecule has 7 heteroatoms. The Morgan fingerprint density at radius 1 is 1.22 bits per heavy atom. The molecule has 0 fully saturated rings. The molecule has 0 saturated carbocycles. The van der Waals surface area contributed by atoms with Gasteiger partial charge in [-0.2, -0.15) is 0 Å². The summed E-state index contributed by atoms with van der Waals surface area (Å²) in [5.74, 6) is -0.0387. The molecule has 0 atom stereocenters. The summed E-state index contributed by atoms with van der Waals surface area (Å²) < 4.78 is 25.2. The van der Waals surface area contributed by atoms with Gasteiger partial charge >= 0.3 is 0 Å². The predicted molar refractivity (Wildman–Crippen MR) is 95.4 cm³/mol. The highest BCUT2D eigenvalue weighted by Crippen LogP contribution is 2.20. The molecule has 0 aromatic heterocycles. The molecule has 1 aromatic rings. The Balaban J connectivity index is 2.63. The lowest BCUT2D eigenvalue weighted by molar-refractivity contribution is -0.121. The molecule has 23 heavy (non-hydrogen) atoms. The quantitative estimate of drug-likeness (QED) is 0.735. The van der Waals surface area contributed by atoms with E-state index in [4.69, 9.17) is 11.6 Å². The van der Waals surface area contributed by atoms with Crippen LogP contribution in [0.4, 0.5) is 5.69 Å². The minimum absolute atomic E-state index is 0.0387. The second kappa shape index (κ2) is 9.13. The van der Waals surface area contributed by atoms with Gasteiger partial charge in [0.25, 0.3) is 0 Å². The molecule has 0 bridgehead atoms. The maximum atomic E-state index is 12.0. The monoisotopic (exact) mass is 360 g/mol. The van der Waals surface area contributed by atoms with E-state index in [0.717, 1.165) is 19.1 Å². The van der Waals surface area contributed by atoms with Crippen molar-refractivity contribution in [3.63, 3.8) is 0 Å². The van der Waals surface area contributed by atoms with Gasteiger partial charge in [0.05, 0.1) is 11.9 Å². The van der Waals surface area contributed by atoms with Crippen LogP contribution in [0.15, 0.2) is 24.3 Å². The summed E-state index contributed by atoms with van der Waals surface area (Å²) in [6, 6.07) is 6.80. The molecule has 0 spiro atoms. The van der Waals surface area contributed by atoms with E-state index in [1.807, 2.05) is 13.8 Å². The molecule has 0 aliphatic heterocycles. The van der Waals surface area contributed by atoms with Crippen molar-refractivity contribution in [3.8, 4) is 0 Å². The van der Waals surface area contributed by atoms with Crippen molar-refractivity contribution in [2.24, 2.45) is 0 Å². The normalized spacial score (nSPS) is 11.5. The van der Waals surface area contributed by atoms with Crippen LogP contribution < -0.4 is 9.62 Å². The summed E-state index contributed by atoms with van der Waals surface area (Å²) in [4.78, 5) is 11.9. The number of hydrogen-bond acceptors (Lipinski definition) is 3. The first-order valence-electron chi connectivity index (χ1n) is 7.80. The summed E-state index contributed by atoms with van der Waals surface area (Å²) >= 11 is 5.83. The van der Waals surface area contributed by atoms with Gasteiger partial charge in [0.2, 0.25) is 15.9 Å². The third kappa shape index (κ3) is 6.79. The third-order valence-electron chi connectivity index (χ3n) is 3.63. The molecule has 1 aromatic carbocycles. The van der Waals surface area contributed by atoms with Crippen LogP contribution in [0, 0.1) is 0 Å². The number of carbonyl (C=O) groups is 1. The standard InChI is InChI=1S/C16H25ClN2O3S/c1-4-14(5-2)18-16(20)7-6-12-19(23(3,21)22)15-10-8-13(17)9-11-15/h8-11,14H,4-7,12H2,1-3H3,(H,18,20). The highest BCUT2D eigenvalue weighted by atomic mass is 35.5. The summed E-state index contributed by atoms with van der Waals surface area (Å²) in [5, 5.41) is 3.50.